The number of fused-ring (bicyclic) bond motifs is 4. The molecule has 2 unspecified atom stereocenters. The van der Waals surface area contributed by atoms with Gasteiger partial charge >= 0.3 is 12.1 Å². The highest BCUT2D eigenvalue weighted by Gasteiger charge is 2.47. The van der Waals surface area contributed by atoms with E-state index in [1.165, 1.54) is 16.2 Å². The summed E-state index contributed by atoms with van der Waals surface area (Å²) in [7, 11) is 1.54. The number of halogens is 1. The molecule has 86 heavy (non-hydrogen) atoms. The Morgan fingerprint density at radius 3 is 2.40 bits per heavy atom. The van der Waals surface area contributed by atoms with Gasteiger partial charge in [0.25, 0.3) is 0 Å². The number of thiazole rings is 1. The summed E-state index contributed by atoms with van der Waals surface area (Å²) in [6.45, 7) is 18.3. The van der Waals surface area contributed by atoms with Crippen LogP contribution in [0.2, 0.25) is 0 Å². The molecule has 3 N–H and O–H groups in total. The van der Waals surface area contributed by atoms with Crippen LogP contribution >= 0.6 is 11.3 Å². The number of β-amino-alcohol motifs (C(OH)–C–C–N with tert-alkyl or cyclic N) is 1. The average molecular weight is 1200 g/mol. The lowest BCUT2D eigenvalue weighted by Crippen LogP contribution is -2.57. The van der Waals surface area contributed by atoms with Crippen molar-refractivity contribution in [3.8, 4) is 33.5 Å². The second kappa shape index (κ2) is 26.5. The van der Waals surface area contributed by atoms with Gasteiger partial charge in [-0.15, -0.1) is 11.3 Å². The smallest absolute Gasteiger partial charge is 0.410 e. The molecule has 0 radical (unpaired) electrons. The van der Waals surface area contributed by atoms with Crippen LogP contribution in [0, 0.1) is 18.2 Å². The molecule has 3 aromatic heterocycles. The van der Waals surface area contributed by atoms with E-state index in [4.69, 9.17) is 38.6 Å². The number of rotatable bonds is 21. The number of amides is 4. The van der Waals surface area contributed by atoms with Crippen molar-refractivity contribution in [3.05, 3.63) is 83.4 Å². The summed E-state index contributed by atoms with van der Waals surface area (Å²) in [5.74, 6) is -0.860. The third-order valence-electron chi connectivity index (χ3n) is 16.6. The van der Waals surface area contributed by atoms with Crippen LogP contribution in [0.3, 0.4) is 0 Å². The number of aliphatic hydroxyl groups is 1. The van der Waals surface area contributed by atoms with Gasteiger partial charge in [-0.2, -0.15) is 9.97 Å². The van der Waals surface area contributed by atoms with Crippen LogP contribution in [-0.4, -0.2) is 172 Å². The Morgan fingerprint density at radius 2 is 1.70 bits per heavy atom. The van der Waals surface area contributed by atoms with Gasteiger partial charge in [-0.3, -0.25) is 29.2 Å². The summed E-state index contributed by atoms with van der Waals surface area (Å²) in [5.41, 5.74) is 4.66. The molecule has 22 heteroatoms. The zero-order valence-corrected chi connectivity index (χ0v) is 51.6. The maximum atomic E-state index is 17.7. The number of hydrogen-bond donors (Lipinski definition) is 3. The number of ether oxygens (including phenoxy) is 5. The van der Waals surface area contributed by atoms with Crippen molar-refractivity contribution < 1.29 is 52.4 Å². The number of aryl methyl sites for hydroxylation is 2. The summed E-state index contributed by atoms with van der Waals surface area (Å²) in [4.78, 5) is 82.6. The third-order valence-corrected chi connectivity index (χ3v) is 17.6. The van der Waals surface area contributed by atoms with Crippen LogP contribution in [0.25, 0.3) is 43.4 Å². The van der Waals surface area contributed by atoms with E-state index >= 15 is 4.39 Å². The molecule has 0 aliphatic carbocycles. The maximum absolute atomic E-state index is 17.7. The van der Waals surface area contributed by atoms with Gasteiger partial charge in [0, 0.05) is 76.2 Å². The molecule has 0 spiro atoms. The van der Waals surface area contributed by atoms with E-state index in [2.05, 4.69) is 32.3 Å². The lowest BCUT2D eigenvalue weighted by molar-refractivity contribution is -0.143. The Kier molecular flexibility index (Phi) is 19.1. The van der Waals surface area contributed by atoms with Crippen molar-refractivity contribution >= 4 is 68.3 Å². The number of pyridine rings is 1. The largest absolute Gasteiger partial charge is 0.468 e. The first-order chi connectivity index (χ1) is 41.2. The lowest BCUT2D eigenvalue weighted by Gasteiger charge is -2.42. The summed E-state index contributed by atoms with van der Waals surface area (Å²) in [5, 5.41) is 18.7. The van der Waals surface area contributed by atoms with Gasteiger partial charge in [0.1, 0.15) is 47.1 Å². The lowest BCUT2D eigenvalue weighted by atomic mass is 9.85. The number of methoxy groups -OCH3 is 1. The van der Waals surface area contributed by atoms with Crippen LogP contribution < -0.4 is 25.0 Å². The summed E-state index contributed by atoms with van der Waals surface area (Å²) in [6, 6.07) is 15.0. The minimum absolute atomic E-state index is 0.0100. The number of piperazine rings is 1. The molecule has 10 rings (SSSR count). The van der Waals surface area contributed by atoms with E-state index in [0.717, 1.165) is 64.7 Å². The number of carbonyl (C=O) groups is 4. The normalized spacial score (nSPS) is 20.2. The number of aromatic nitrogens is 4. The molecule has 4 amide bonds. The first-order valence-corrected chi connectivity index (χ1v) is 30.9. The van der Waals surface area contributed by atoms with E-state index in [1.807, 2.05) is 89.8 Å². The Labute approximate surface area is 506 Å². The van der Waals surface area contributed by atoms with E-state index < -0.39 is 46.8 Å². The van der Waals surface area contributed by atoms with Gasteiger partial charge in [0.15, 0.2) is 12.6 Å². The number of nitrogens with one attached hydrogen (secondary N) is 2. The average Bonchev–Trinajstić information content (AvgIpc) is 3.06. The zero-order chi connectivity index (χ0) is 61.0. The molecule has 6 atom stereocenters. The predicted molar refractivity (Wildman–Crippen MR) is 328 cm³/mol. The van der Waals surface area contributed by atoms with Crippen LogP contribution in [0.5, 0.6) is 11.8 Å². The number of aliphatic hydroxyl groups excluding tert-OH is 1. The van der Waals surface area contributed by atoms with Gasteiger partial charge in [-0.05, 0) is 124 Å². The Bertz CT molecular complexity index is 3410. The van der Waals surface area contributed by atoms with E-state index in [-0.39, 0.29) is 86.7 Å². The molecule has 4 aliphatic rings. The molecule has 460 valence electrons. The quantitative estimate of drug-likeness (QED) is 0.0451. The number of benzene rings is 3. The van der Waals surface area contributed by atoms with Crippen molar-refractivity contribution in [1.82, 2.24) is 40.0 Å². The fraction of sp³-hybridized carbons (Fsp3) is 0.531. The summed E-state index contributed by atoms with van der Waals surface area (Å²) in [6.07, 6.45) is 5.27. The van der Waals surface area contributed by atoms with Crippen LogP contribution in [0.4, 0.5) is 20.7 Å². The van der Waals surface area contributed by atoms with Crippen LogP contribution in [-0.2, 0) is 35.0 Å². The fourth-order valence-corrected chi connectivity index (χ4v) is 13.2. The molecular weight excluding hydrogens is 1120 g/mol. The Hall–Kier alpha value is -7.11. The van der Waals surface area contributed by atoms with Crippen molar-refractivity contribution in [2.45, 2.75) is 149 Å². The third kappa shape index (κ3) is 14.0. The zero-order valence-electron chi connectivity index (χ0n) is 50.8. The molecule has 0 saturated carbocycles. The standard InChI is InChI=1S/C64H81FN10O10S/c1-10-39-14-11-15-41-28-47(84-37-81-9)30-48(52(39)41)54-53(65)55-49(31-66-54)58(73-32-43-21-22-44(33-73)75(43)62(80)85-64(6,7)8)71-61(70-55)83-35-45-16-12-24-72(45)25-13-26-82-27-23-51(77)69-57(63(3,4)5)60(79)74-34-46(76)29-50(74)59(78)68-42-19-17-40(18-20-42)56-38(2)67-36-86-56/h11,14-15,17-20,28,30-31,36,43-46,50,57,76H,10,12-13,16,21-27,29,32-35,37H2,1-9H3,(H,68,78)(H,69,77)/t43?,44?,45-,46+,50-,57+/m0/s1. The Balaban J connectivity index is 0.774. The van der Waals surface area contributed by atoms with Gasteiger partial charge in [0.05, 0.1) is 46.3 Å². The molecule has 4 aliphatic heterocycles. The minimum Gasteiger partial charge on any atom is -0.468 e. The molecule has 20 nitrogen and oxygen atoms in total. The second-order valence-corrected chi connectivity index (χ2v) is 25.9. The highest BCUT2D eigenvalue weighted by atomic mass is 32.1. The number of carbonyl (C=O) groups excluding carboxylic acids is 4. The van der Waals surface area contributed by atoms with E-state index in [1.54, 1.807) is 37.0 Å². The van der Waals surface area contributed by atoms with Gasteiger partial charge < -0.3 is 49.2 Å². The fourth-order valence-electron chi connectivity index (χ4n) is 12.4. The van der Waals surface area contributed by atoms with Crippen LogP contribution in [0.15, 0.2) is 66.3 Å². The molecule has 4 fully saturated rings. The molecule has 6 aromatic rings. The second-order valence-electron chi connectivity index (χ2n) is 25.0. The first kappa shape index (κ1) is 62.0. The SMILES string of the molecule is CCc1cccc2cc(OCOC)cc(-c3ncc4c(N5CC6CCC(C5)N6C(=O)OC(C)(C)C)nc(OC[C@@H]5CCCN5CCCOCCC(=O)N[C@H](C(=O)N5C[C@H](O)C[C@H]5C(=O)Nc5ccc(-c6scnc6C)cc5)C(C)(C)C)nc4c3F)c12. The van der Waals surface area contributed by atoms with Crippen LogP contribution in [0.1, 0.15) is 105 Å². The van der Waals surface area contributed by atoms with Gasteiger partial charge in [-0.25, -0.2) is 14.2 Å². The monoisotopic (exact) mass is 1200 g/mol. The van der Waals surface area contributed by atoms with Crippen molar-refractivity contribution in [3.63, 3.8) is 0 Å². The predicted octanol–water partition coefficient (Wildman–Crippen LogP) is 9.32. The summed E-state index contributed by atoms with van der Waals surface area (Å²) >= 11 is 1.54. The number of anilines is 2. The Morgan fingerprint density at radius 1 is 0.930 bits per heavy atom. The highest BCUT2D eigenvalue weighted by Crippen LogP contribution is 2.41. The van der Waals surface area contributed by atoms with Crippen molar-refractivity contribution in [2.24, 2.45) is 5.41 Å². The van der Waals surface area contributed by atoms with Crippen molar-refractivity contribution in [2.75, 3.05) is 76.7 Å². The first-order valence-electron chi connectivity index (χ1n) is 30.0. The topological polar surface area (TPSA) is 223 Å². The number of hydrogen-bond acceptors (Lipinski definition) is 17. The van der Waals surface area contributed by atoms with E-state index in [0.29, 0.717) is 67.3 Å². The number of likely N-dealkylation sites (tertiary alicyclic amines) is 2. The molecule has 7 heterocycles. The van der Waals surface area contributed by atoms with Crippen molar-refractivity contribution in [1.29, 1.82) is 0 Å². The van der Waals surface area contributed by atoms with E-state index in [9.17, 15) is 24.3 Å². The highest BCUT2D eigenvalue weighted by molar-refractivity contribution is 7.13. The summed E-state index contributed by atoms with van der Waals surface area (Å²) < 4.78 is 47.2. The number of nitrogens with zero attached hydrogens (tertiary/aromatic N) is 8. The van der Waals surface area contributed by atoms with Gasteiger partial charge in [0.2, 0.25) is 17.7 Å². The maximum Gasteiger partial charge on any atom is 0.410 e. The minimum atomic E-state index is -0.969. The molecular formula is C64H81FN10O10S. The molecule has 2 bridgehead atoms. The molecule has 4 saturated heterocycles. The van der Waals surface area contributed by atoms with Gasteiger partial charge in [-0.1, -0.05) is 58.0 Å². The molecule has 3 aromatic carbocycles.